The zero-order valence-electron chi connectivity index (χ0n) is 13.1. The van der Waals surface area contributed by atoms with Crippen LogP contribution in [0.3, 0.4) is 0 Å². The molecule has 1 heterocycles. The van der Waals surface area contributed by atoms with Crippen LogP contribution in [0.15, 0.2) is 18.3 Å². The highest BCUT2D eigenvalue weighted by Crippen LogP contribution is 2.40. The number of aryl methyl sites for hydroxylation is 1. The Morgan fingerprint density at radius 2 is 2.10 bits per heavy atom. The third-order valence-corrected chi connectivity index (χ3v) is 3.57. The fraction of sp³-hybridized carbons (Fsp3) is 0.438. The number of nitrogens with zero attached hydrogens (tertiary/aromatic N) is 1. The summed E-state index contributed by atoms with van der Waals surface area (Å²) in [7, 11) is 3.32. The quantitative estimate of drug-likeness (QED) is 0.855. The summed E-state index contributed by atoms with van der Waals surface area (Å²) in [6.07, 6.45) is 2.66. The highest BCUT2D eigenvalue weighted by atomic mass is 16.5. The Balaban J connectivity index is 2.60. The molecule has 1 aromatic heterocycles. The molecule has 3 N–H and O–H groups in total. The van der Waals surface area contributed by atoms with Crippen LogP contribution in [-0.4, -0.2) is 31.8 Å². The van der Waals surface area contributed by atoms with Gasteiger partial charge in [0.2, 0.25) is 0 Å². The summed E-state index contributed by atoms with van der Waals surface area (Å²) in [6, 6.07) is 4.17. The van der Waals surface area contributed by atoms with Gasteiger partial charge < -0.3 is 20.5 Å². The van der Waals surface area contributed by atoms with Gasteiger partial charge in [0.05, 0.1) is 19.9 Å². The molecule has 21 heavy (non-hydrogen) atoms. The molecule has 0 saturated heterocycles. The van der Waals surface area contributed by atoms with Gasteiger partial charge in [-0.25, -0.2) is 0 Å². The van der Waals surface area contributed by atoms with Crippen LogP contribution in [0.4, 0.5) is 5.69 Å². The van der Waals surface area contributed by atoms with E-state index in [0.29, 0.717) is 6.54 Å². The van der Waals surface area contributed by atoms with E-state index in [1.165, 1.54) is 0 Å². The molecule has 1 unspecified atom stereocenters. The van der Waals surface area contributed by atoms with Crippen LogP contribution in [0, 0.1) is 6.92 Å². The number of hydrogen-bond acceptors (Lipinski definition) is 5. The first kappa shape index (κ1) is 15.4. The second kappa shape index (κ2) is 6.63. The Morgan fingerprint density at radius 1 is 1.33 bits per heavy atom. The van der Waals surface area contributed by atoms with Crippen molar-refractivity contribution in [2.45, 2.75) is 26.3 Å². The summed E-state index contributed by atoms with van der Waals surface area (Å²) in [6.45, 7) is 4.77. The van der Waals surface area contributed by atoms with Crippen molar-refractivity contribution in [3.8, 4) is 11.5 Å². The van der Waals surface area contributed by atoms with Gasteiger partial charge in [-0.2, -0.15) is 0 Å². The van der Waals surface area contributed by atoms with E-state index in [-0.39, 0.29) is 6.04 Å². The number of fused-ring (bicyclic) bond motifs is 1. The minimum Gasteiger partial charge on any atom is -0.496 e. The summed E-state index contributed by atoms with van der Waals surface area (Å²) in [4.78, 5) is 4.47. The van der Waals surface area contributed by atoms with Crippen molar-refractivity contribution in [1.29, 1.82) is 0 Å². The Morgan fingerprint density at radius 3 is 2.71 bits per heavy atom. The van der Waals surface area contributed by atoms with E-state index in [2.05, 4.69) is 17.2 Å². The molecular formula is C16H23N3O2. The predicted octanol–water partition coefficient (Wildman–Crippen LogP) is 2.71. The number of aromatic nitrogens is 1. The van der Waals surface area contributed by atoms with Crippen LogP contribution in [0.5, 0.6) is 11.5 Å². The monoisotopic (exact) mass is 289 g/mol. The molecule has 0 spiro atoms. The van der Waals surface area contributed by atoms with Crippen LogP contribution in [0.25, 0.3) is 10.9 Å². The Labute approximate surface area is 125 Å². The summed E-state index contributed by atoms with van der Waals surface area (Å²) < 4.78 is 11.1. The van der Waals surface area contributed by atoms with Crippen molar-refractivity contribution in [3.63, 3.8) is 0 Å². The van der Waals surface area contributed by atoms with Gasteiger partial charge in [-0.3, -0.25) is 4.98 Å². The zero-order chi connectivity index (χ0) is 15.4. The number of methoxy groups -OCH3 is 2. The second-order valence-corrected chi connectivity index (χ2v) is 5.13. The third kappa shape index (κ3) is 3.03. The molecule has 2 rings (SSSR count). The maximum Gasteiger partial charge on any atom is 0.168 e. The SMILES string of the molecule is COc1c(NC(C)CCN)cc(OC)c2c(C)ccnc12. The van der Waals surface area contributed by atoms with Gasteiger partial charge >= 0.3 is 0 Å². The molecule has 0 aliphatic carbocycles. The van der Waals surface area contributed by atoms with Crippen LogP contribution < -0.4 is 20.5 Å². The minimum absolute atomic E-state index is 0.246. The molecule has 2 aromatic rings. The second-order valence-electron chi connectivity index (χ2n) is 5.13. The van der Waals surface area contributed by atoms with E-state index in [1.807, 2.05) is 19.1 Å². The Bertz CT molecular complexity index is 628. The fourth-order valence-corrected chi connectivity index (χ4v) is 2.50. The van der Waals surface area contributed by atoms with Crippen LogP contribution in [0.1, 0.15) is 18.9 Å². The summed E-state index contributed by atoms with van der Waals surface area (Å²) in [5.74, 6) is 1.53. The van der Waals surface area contributed by atoms with E-state index in [4.69, 9.17) is 15.2 Å². The molecular weight excluding hydrogens is 266 g/mol. The van der Waals surface area contributed by atoms with Crippen molar-refractivity contribution in [3.05, 3.63) is 23.9 Å². The lowest BCUT2D eigenvalue weighted by molar-refractivity contribution is 0.410. The van der Waals surface area contributed by atoms with Crippen molar-refractivity contribution < 1.29 is 9.47 Å². The van der Waals surface area contributed by atoms with E-state index in [0.717, 1.165) is 40.1 Å². The highest BCUT2D eigenvalue weighted by molar-refractivity contribution is 5.97. The van der Waals surface area contributed by atoms with Gasteiger partial charge in [-0.15, -0.1) is 0 Å². The first-order valence-corrected chi connectivity index (χ1v) is 7.09. The van der Waals surface area contributed by atoms with Gasteiger partial charge in [0.25, 0.3) is 0 Å². The number of pyridine rings is 1. The zero-order valence-corrected chi connectivity index (χ0v) is 13.1. The van der Waals surface area contributed by atoms with Gasteiger partial charge in [-0.1, -0.05) is 0 Å². The third-order valence-electron chi connectivity index (χ3n) is 3.57. The Hall–Kier alpha value is -2.01. The van der Waals surface area contributed by atoms with E-state index >= 15 is 0 Å². The standard InChI is InChI=1S/C16H23N3O2/c1-10-6-8-18-15-14(10)13(20-3)9-12(16(15)21-4)19-11(2)5-7-17/h6,8-9,11,19H,5,7,17H2,1-4H3. The van der Waals surface area contributed by atoms with Crippen molar-refractivity contribution >= 4 is 16.6 Å². The van der Waals surface area contributed by atoms with Crippen molar-refractivity contribution in [2.24, 2.45) is 5.73 Å². The molecule has 5 nitrogen and oxygen atoms in total. The normalized spacial score (nSPS) is 12.2. The predicted molar refractivity (Wildman–Crippen MR) is 86.3 cm³/mol. The summed E-state index contributed by atoms with van der Waals surface area (Å²) in [5.41, 5.74) is 8.40. The van der Waals surface area contributed by atoms with Crippen LogP contribution in [0.2, 0.25) is 0 Å². The first-order valence-electron chi connectivity index (χ1n) is 7.09. The molecule has 114 valence electrons. The Kier molecular flexibility index (Phi) is 4.85. The van der Waals surface area contributed by atoms with Gasteiger partial charge in [0.1, 0.15) is 11.3 Å². The smallest absolute Gasteiger partial charge is 0.168 e. The molecule has 1 aromatic carbocycles. The van der Waals surface area contributed by atoms with E-state index in [1.54, 1.807) is 20.4 Å². The van der Waals surface area contributed by atoms with Gasteiger partial charge in [-0.05, 0) is 38.4 Å². The number of anilines is 1. The molecule has 0 radical (unpaired) electrons. The lowest BCUT2D eigenvalue weighted by Gasteiger charge is -2.20. The molecule has 0 bridgehead atoms. The van der Waals surface area contributed by atoms with Gasteiger partial charge in [0, 0.05) is 23.7 Å². The number of nitrogens with one attached hydrogen (secondary N) is 1. The summed E-state index contributed by atoms with van der Waals surface area (Å²) in [5, 5.41) is 4.40. The lowest BCUT2D eigenvalue weighted by Crippen LogP contribution is -2.19. The minimum atomic E-state index is 0.246. The van der Waals surface area contributed by atoms with Crippen LogP contribution in [-0.2, 0) is 0 Å². The molecule has 0 fully saturated rings. The maximum absolute atomic E-state index is 5.61. The molecule has 0 amide bonds. The topological polar surface area (TPSA) is 69.4 Å². The molecule has 0 aliphatic heterocycles. The fourth-order valence-electron chi connectivity index (χ4n) is 2.50. The average molecular weight is 289 g/mol. The number of nitrogens with two attached hydrogens (primary N) is 1. The number of ether oxygens (including phenoxy) is 2. The maximum atomic E-state index is 5.61. The molecule has 0 saturated carbocycles. The van der Waals surface area contributed by atoms with Gasteiger partial charge in [0.15, 0.2) is 5.75 Å². The molecule has 5 heteroatoms. The largest absolute Gasteiger partial charge is 0.496 e. The molecule has 0 aliphatic rings. The number of rotatable bonds is 6. The average Bonchev–Trinajstić information content (AvgIpc) is 2.46. The van der Waals surface area contributed by atoms with E-state index < -0.39 is 0 Å². The van der Waals surface area contributed by atoms with Crippen LogP contribution >= 0.6 is 0 Å². The highest BCUT2D eigenvalue weighted by Gasteiger charge is 2.17. The number of hydrogen-bond donors (Lipinski definition) is 2. The lowest BCUT2D eigenvalue weighted by atomic mass is 10.1. The van der Waals surface area contributed by atoms with Crippen molar-refractivity contribution in [1.82, 2.24) is 4.98 Å². The molecule has 1 atom stereocenters. The summed E-state index contributed by atoms with van der Waals surface area (Å²) >= 11 is 0. The number of benzene rings is 1. The van der Waals surface area contributed by atoms with E-state index in [9.17, 15) is 0 Å². The van der Waals surface area contributed by atoms with Crippen molar-refractivity contribution in [2.75, 3.05) is 26.1 Å². The first-order chi connectivity index (χ1) is 10.1.